The van der Waals surface area contributed by atoms with Crippen molar-refractivity contribution in [3.8, 4) is 0 Å². The normalized spacial score (nSPS) is 13.8. The van der Waals surface area contributed by atoms with E-state index in [0.29, 0.717) is 3.93 Å². The van der Waals surface area contributed by atoms with Crippen molar-refractivity contribution in [1.29, 1.82) is 0 Å². The molecule has 0 saturated heterocycles. The van der Waals surface area contributed by atoms with E-state index in [1.807, 2.05) is 0 Å². The van der Waals surface area contributed by atoms with Gasteiger partial charge in [-0.25, -0.2) is 0 Å². The maximum atomic E-state index is 12.4. The molecule has 0 amide bonds. The molecule has 0 aromatic heterocycles. The van der Waals surface area contributed by atoms with Crippen molar-refractivity contribution < 1.29 is 4.79 Å². The van der Waals surface area contributed by atoms with Gasteiger partial charge in [0.2, 0.25) is 0 Å². The van der Waals surface area contributed by atoms with Gasteiger partial charge in [0.15, 0.2) is 0 Å². The monoisotopic (exact) mass is 450 g/mol. The van der Waals surface area contributed by atoms with Crippen LogP contribution in [0.15, 0.2) is 91.0 Å². The van der Waals surface area contributed by atoms with Crippen LogP contribution in [0.4, 0.5) is 0 Å². The topological polar surface area (TPSA) is 17.1 Å². The van der Waals surface area contributed by atoms with Crippen molar-refractivity contribution in [1.82, 2.24) is 0 Å². The first-order chi connectivity index (χ1) is 12.6. The molecule has 0 bridgehead atoms. The van der Waals surface area contributed by atoms with Gasteiger partial charge in [0.05, 0.1) is 0 Å². The summed E-state index contributed by atoms with van der Waals surface area (Å²) in [6.07, 6.45) is 0. The summed E-state index contributed by atoms with van der Waals surface area (Å²) in [5.74, 6) is 0.313. The van der Waals surface area contributed by atoms with Crippen LogP contribution in [0.25, 0.3) is 0 Å². The van der Waals surface area contributed by atoms with Gasteiger partial charge in [-0.2, -0.15) is 0 Å². The van der Waals surface area contributed by atoms with E-state index in [-0.39, 0.29) is 11.7 Å². The third kappa shape index (κ3) is 3.37. The van der Waals surface area contributed by atoms with Crippen molar-refractivity contribution >= 4 is 34.9 Å². The predicted molar refractivity (Wildman–Crippen MR) is 113 cm³/mol. The fourth-order valence-electron chi connectivity index (χ4n) is 4.12. The maximum absolute atomic E-state index is 12.4. The van der Waals surface area contributed by atoms with E-state index < -0.39 is 18.4 Å². The molecule has 3 aromatic rings. The number of ketones is 1. The molecule has 2 atom stereocenters. The molecule has 0 heterocycles. The fraction of sp³-hybridized carbons (Fsp3) is 0.208. The second-order valence-electron chi connectivity index (χ2n) is 7.09. The standard InChI is InChI=1S/C6H11O.3C6H5.Sn/c1-4-5(2)6(3)7;3*1-2-4-6-5-3-1;/h4-5H,1-3H3;3*1-5H;/t5-;;;;/m1..../s1. The second kappa shape index (κ2) is 8.22. The third-order valence-electron chi connectivity index (χ3n) is 5.76. The molecule has 1 nitrogen and oxygen atoms in total. The van der Waals surface area contributed by atoms with Gasteiger partial charge in [0.25, 0.3) is 0 Å². The molecule has 0 aliphatic carbocycles. The summed E-state index contributed by atoms with van der Waals surface area (Å²) in [6, 6.07) is 32.7. The van der Waals surface area contributed by atoms with Gasteiger partial charge in [0, 0.05) is 0 Å². The van der Waals surface area contributed by atoms with Crippen molar-refractivity contribution in [2.45, 2.75) is 24.7 Å². The summed E-state index contributed by atoms with van der Waals surface area (Å²) in [6.45, 7) is 6.14. The number of hydrogen-bond donors (Lipinski definition) is 0. The van der Waals surface area contributed by atoms with E-state index in [0.717, 1.165) is 0 Å². The quantitative estimate of drug-likeness (QED) is 0.524. The molecular formula is C24H26OSn. The van der Waals surface area contributed by atoms with E-state index in [4.69, 9.17) is 0 Å². The number of Topliss-reactive ketones (excluding diaryl/α,β-unsaturated/α-hetero) is 1. The molecule has 132 valence electrons. The van der Waals surface area contributed by atoms with Gasteiger partial charge in [0.1, 0.15) is 0 Å². The van der Waals surface area contributed by atoms with E-state index in [1.165, 1.54) is 10.7 Å². The molecule has 0 fully saturated rings. The van der Waals surface area contributed by atoms with Gasteiger partial charge in [-0.3, -0.25) is 0 Å². The average Bonchev–Trinajstić information content (AvgIpc) is 2.70. The zero-order valence-corrected chi connectivity index (χ0v) is 18.6. The van der Waals surface area contributed by atoms with Crippen molar-refractivity contribution in [3.05, 3.63) is 91.0 Å². The first kappa shape index (κ1) is 18.9. The summed E-state index contributed by atoms with van der Waals surface area (Å²) >= 11 is -3.39. The van der Waals surface area contributed by atoms with Crippen LogP contribution in [0.5, 0.6) is 0 Å². The average molecular weight is 449 g/mol. The first-order valence-corrected chi connectivity index (χ1v) is 15.2. The zero-order valence-electron chi connectivity index (χ0n) is 15.7. The van der Waals surface area contributed by atoms with Gasteiger partial charge in [-0.05, 0) is 0 Å². The number of carbonyl (C=O) groups excluding carboxylic acids is 1. The molecule has 0 aliphatic rings. The summed E-state index contributed by atoms with van der Waals surface area (Å²) < 4.78 is 4.61. The van der Waals surface area contributed by atoms with Crippen LogP contribution in [-0.4, -0.2) is 24.2 Å². The van der Waals surface area contributed by atoms with E-state index in [2.05, 4.69) is 105 Å². The van der Waals surface area contributed by atoms with E-state index >= 15 is 0 Å². The number of hydrogen-bond acceptors (Lipinski definition) is 1. The molecule has 0 aliphatic heterocycles. The van der Waals surface area contributed by atoms with Crippen LogP contribution in [0, 0.1) is 5.92 Å². The Balaban J connectivity index is 2.37. The Bertz CT molecular complexity index is 746. The molecule has 2 heteroatoms. The summed E-state index contributed by atoms with van der Waals surface area (Å²) in [5.41, 5.74) is 0. The van der Waals surface area contributed by atoms with Gasteiger partial charge in [-0.15, -0.1) is 0 Å². The van der Waals surface area contributed by atoms with Crippen LogP contribution in [0.1, 0.15) is 20.8 Å². The van der Waals surface area contributed by atoms with Gasteiger partial charge in [-0.1, -0.05) is 0 Å². The second-order valence-corrected chi connectivity index (χ2v) is 19.2. The van der Waals surface area contributed by atoms with Gasteiger partial charge >= 0.3 is 161 Å². The van der Waals surface area contributed by atoms with Crippen LogP contribution >= 0.6 is 0 Å². The summed E-state index contributed by atoms with van der Waals surface area (Å²) in [5, 5.41) is 0. The van der Waals surface area contributed by atoms with Crippen LogP contribution in [-0.2, 0) is 4.79 Å². The Morgan fingerprint density at radius 1 is 0.654 bits per heavy atom. The summed E-state index contributed by atoms with van der Waals surface area (Å²) in [4.78, 5) is 12.4. The molecule has 0 saturated carbocycles. The zero-order chi connectivity index (χ0) is 18.6. The minimum absolute atomic E-state index is 0.0337. The fourth-order valence-corrected chi connectivity index (χ4v) is 20.4. The van der Waals surface area contributed by atoms with Crippen LogP contribution < -0.4 is 10.7 Å². The van der Waals surface area contributed by atoms with Crippen LogP contribution in [0.2, 0.25) is 3.93 Å². The minimum atomic E-state index is -3.39. The predicted octanol–water partition coefficient (Wildman–Crippen LogP) is 3.77. The van der Waals surface area contributed by atoms with Crippen molar-refractivity contribution in [2.75, 3.05) is 0 Å². The Kier molecular flexibility index (Phi) is 5.97. The molecular weight excluding hydrogens is 423 g/mol. The Hall–Kier alpha value is -1.87. The molecule has 26 heavy (non-hydrogen) atoms. The van der Waals surface area contributed by atoms with E-state index in [9.17, 15) is 4.79 Å². The molecule has 0 radical (unpaired) electrons. The SMILES string of the molecule is CC(=O)[C@H](C)[C@@H](C)[Sn]([c]1ccccc1)([c]1ccccc1)[c]1ccccc1. The molecule has 0 spiro atoms. The number of benzene rings is 3. The first-order valence-electron chi connectivity index (χ1n) is 9.25. The molecule has 0 N–H and O–H groups in total. The molecule has 3 rings (SSSR count). The number of carbonyl (C=O) groups is 1. The van der Waals surface area contributed by atoms with Crippen molar-refractivity contribution in [3.63, 3.8) is 0 Å². The summed E-state index contributed by atoms with van der Waals surface area (Å²) in [7, 11) is 0. The van der Waals surface area contributed by atoms with Gasteiger partial charge < -0.3 is 0 Å². The van der Waals surface area contributed by atoms with Crippen molar-refractivity contribution in [2.24, 2.45) is 5.92 Å². The van der Waals surface area contributed by atoms with Crippen LogP contribution in [0.3, 0.4) is 0 Å². The molecule has 0 unspecified atom stereocenters. The Labute approximate surface area is 161 Å². The Morgan fingerprint density at radius 2 is 0.962 bits per heavy atom. The Morgan fingerprint density at radius 3 is 1.23 bits per heavy atom. The third-order valence-corrected chi connectivity index (χ3v) is 21.7. The molecule has 3 aromatic carbocycles. The number of rotatable bonds is 6. The van der Waals surface area contributed by atoms with E-state index in [1.54, 1.807) is 6.92 Å².